The van der Waals surface area contributed by atoms with Gasteiger partial charge in [0.05, 0.1) is 6.07 Å². The molecule has 2 heterocycles. The first-order valence-corrected chi connectivity index (χ1v) is 13.4. The molecule has 12 heteroatoms. The van der Waals surface area contributed by atoms with E-state index in [2.05, 4.69) is 16.7 Å². The molecule has 3 N–H and O–H groups in total. The molecular weight excluding hydrogens is 503 g/mol. The van der Waals surface area contributed by atoms with Gasteiger partial charge in [0, 0.05) is 20.9 Å². The minimum absolute atomic E-state index is 0. The topological polar surface area (TPSA) is 131 Å². The van der Waals surface area contributed by atoms with Gasteiger partial charge in [-0.15, -0.1) is 0 Å². The summed E-state index contributed by atoms with van der Waals surface area (Å²) < 4.78 is 39.1. The van der Waals surface area contributed by atoms with E-state index < -0.39 is 53.4 Å². The van der Waals surface area contributed by atoms with Crippen molar-refractivity contribution >= 4 is 23.6 Å². The number of nitrogens with zero attached hydrogens (tertiary/aromatic N) is 2. The Bertz CT molecular complexity index is 1040. The van der Waals surface area contributed by atoms with E-state index in [-0.39, 0.29) is 39.1 Å². The summed E-state index contributed by atoms with van der Waals surface area (Å²) in [5.74, 6) is -4.23. The van der Waals surface area contributed by atoms with Crippen molar-refractivity contribution in [3.05, 3.63) is 0 Å². The smallest absolute Gasteiger partial charge is 0.350 e. The van der Waals surface area contributed by atoms with Gasteiger partial charge in [0.2, 0.25) is 17.7 Å². The van der Waals surface area contributed by atoms with E-state index in [0.29, 0.717) is 12.8 Å². The van der Waals surface area contributed by atoms with Crippen LogP contribution in [0.2, 0.25) is 0 Å². The molecule has 0 aromatic carbocycles. The lowest BCUT2D eigenvalue weighted by Crippen LogP contribution is -2.60. The number of rotatable bonds is 6. The second kappa shape index (κ2) is 10.0. The highest BCUT2D eigenvalue weighted by molar-refractivity contribution is 5.94. The normalized spacial score (nSPS) is 29.6. The molecule has 4 aliphatic rings. The highest BCUT2D eigenvalue weighted by Crippen LogP contribution is 2.45. The maximum Gasteiger partial charge on any atom is 0.471 e. The van der Waals surface area contributed by atoms with Gasteiger partial charge in [-0.25, -0.2) is 0 Å². The number of alkyl halides is 3. The average molecular weight is 544 g/mol. The average Bonchev–Trinajstić information content (AvgIpc) is 3.23. The molecule has 2 aliphatic carbocycles. The molecule has 1 spiro atoms. The molecule has 4 amide bonds. The minimum atomic E-state index is -5.16. The van der Waals surface area contributed by atoms with Crippen LogP contribution in [0.15, 0.2) is 0 Å². The molecule has 6 unspecified atom stereocenters. The SMILES string of the molecule is CC(C)(C)C(NC(=O)C(F)(F)F)C(=O)N1CC2CCCC2C1C(=O)NC(C#N)CC1CCC2(CC2)NC1=O.[HH].[HH]. The van der Waals surface area contributed by atoms with Gasteiger partial charge in [0.25, 0.3) is 0 Å². The largest absolute Gasteiger partial charge is 0.471 e. The molecule has 2 saturated carbocycles. The Hall–Kier alpha value is -2.84. The molecule has 4 fully saturated rings. The first-order valence-electron chi connectivity index (χ1n) is 13.4. The van der Waals surface area contributed by atoms with Gasteiger partial charge >= 0.3 is 12.1 Å². The van der Waals surface area contributed by atoms with Crippen molar-refractivity contribution in [3.8, 4) is 6.07 Å². The molecule has 2 aliphatic heterocycles. The third-order valence-electron chi connectivity index (χ3n) is 8.66. The molecule has 9 nitrogen and oxygen atoms in total. The van der Waals surface area contributed by atoms with Crippen molar-refractivity contribution in [1.29, 1.82) is 5.26 Å². The Morgan fingerprint density at radius 3 is 2.39 bits per heavy atom. The van der Waals surface area contributed by atoms with Crippen LogP contribution in [0.4, 0.5) is 13.2 Å². The highest BCUT2D eigenvalue weighted by atomic mass is 19.4. The second-order valence-corrected chi connectivity index (χ2v) is 12.5. The molecule has 2 saturated heterocycles. The van der Waals surface area contributed by atoms with Crippen molar-refractivity contribution < 1.29 is 35.2 Å². The van der Waals surface area contributed by atoms with Gasteiger partial charge in [-0.1, -0.05) is 27.2 Å². The summed E-state index contributed by atoms with van der Waals surface area (Å²) in [4.78, 5) is 52.8. The third-order valence-corrected chi connectivity index (χ3v) is 8.66. The van der Waals surface area contributed by atoms with Crippen molar-refractivity contribution in [2.24, 2.45) is 23.2 Å². The molecule has 38 heavy (non-hydrogen) atoms. The Kier molecular flexibility index (Phi) is 7.45. The van der Waals surface area contributed by atoms with E-state index in [1.165, 1.54) is 4.90 Å². The zero-order valence-electron chi connectivity index (χ0n) is 22.0. The van der Waals surface area contributed by atoms with Crippen LogP contribution in [-0.4, -0.2) is 64.9 Å². The lowest BCUT2D eigenvalue weighted by molar-refractivity contribution is -0.176. The number of carbonyl (C=O) groups excluding carboxylic acids is 4. The number of piperidine rings is 1. The van der Waals surface area contributed by atoms with Gasteiger partial charge in [-0.2, -0.15) is 18.4 Å². The molecule has 214 valence electrons. The maximum atomic E-state index is 13.6. The molecule has 0 bridgehead atoms. The number of nitrogens with one attached hydrogen (secondary N) is 3. The van der Waals surface area contributed by atoms with E-state index in [0.717, 1.165) is 32.1 Å². The predicted molar refractivity (Wildman–Crippen MR) is 133 cm³/mol. The van der Waals surface area contributed by atoms with Crippen LogP contribution >= 0.6 is 0 Å². The predicted octanol–water partition coefficient (Wildman–Crippen LogP) is 2.66. The quantitative estimate of drug-likeness (QED) is 0.474. The Balaban J connectivity index is 0.00000280. The van der Waals surface area contributed by atoms with Crippen molar-refractivity contribution in [2.45, 2.75) is 102 Å². The lowest BCUT2D eigenvalue weighted by Gasteiger charge is -2.36. The number of fused-ring (bicyclic) bond motifs is 1. The number of halogens is 3. The molecule has 0 aromatic heterocycles. The van der Waals surface area contributed by atoms with E-state index in [9.17, 15) is 37.6 Å². The number of hydrogen-bond acceptors (Lipinski definition) is 5. The first kappa shape index (κ1) is 28.2. The van der Waals surface area contributed by atoms with Crippen LogP contribution in [-0.2, 0) is 19.2 Å². The van der Waals surface area contributed by atoms with Crippen LogP contribution in [0.25, 0.3) is 0 Å². The Morgan fingerprint density at radius 1 is 1.16 bits per heavy atom. The first-order chi connectivity index (χ1) is 17.6. The van der Waals surface area contributed by atoms with E-state index in [1.54, 1.807) is 20.8 Å². The van der Waals surface area contributed by atoms with Crippen molar-refractivity contribution in [1.82, 2.24) is 20.9 Å². The fourth-order valence-electron chi connectivity index (χ4n) is 6.34. The molecule has 4 rings (SSSR count). The summed E-state index contributed by atoms with van der Waals surface area (Å²) in [5.41, 5.74) is -1.15. The fourth-order valence-corrected chi connectivity index (χ4v) is 6.34. The molecule has 6 atom stereocenters. The van der Waals surface area contributed by atoms with Crippen molar-refractivity contribution in [2.75, 3.05) is 6.54 Å². The summed E-state index contributed by atoms with van der Waals surface area (Å²) in [7, 11) is 0. The van der Waals surface area contributed by atoms with Gasteiger partial charge in [-0.05, 0) is 62.2 Å². The number of amides is 4. The van der Waals surface area contributed by atoms with Gasteiger partial charge in [0.15, 0.2) is 0 Å². The van der Waals surface area contributed by atoms with Gasteiger partial charge < -0.3 is 20.9 Å². The monoisotopic (exact) mass is 543 g/mol. The number of nitriles is 1. The lowest BCUT2D eigenvalue weighted by atomic mass is 9.85. The third kappa shape index (κ3) is 5.76. The standard InChI is InChI=1S/C26H36F3N5O4.2H2/c1-24(2,3)19(32-23(38)26(27,28)29)22(37)34-13-15-5-4-6-17(15)18(34)21(36)31-16(12-30)11-14-7-8-25(9-10-25)33-20(14)35;;/h14-19H,4-11,13H2,1-3H3,(H,31,36)(H,32,38)(H,33,35);2*1H. The maximum absolute atomic E-state index is 13.6. The van der Waals surface area contributed by atoms with E-state index >= 15 is 0 Å². The zero-order valence-corrected chi connectivity index (χ0v) is 22.0. The molecule has 0 radical (unpaired) electrons. The Labute approximate surface area is 223 Å². The number of carbonyl (C=O) groups is 4. The van der Waals surface area contributed by atoms with Crippen molar-refractivity contribution in [3.63, 3.8) is 0 Å². The van der Waals surface area contributed by atoms with Crippen LogP contribution in [0, 0.1) is 34.5 Å². The fraction of sp³-hybridized carbons (Fsp3) is 0.808. The number of likely N-dealkylation sites (tertiary alicyclic amines) is 1. The van der Waals surface area contributed by atoms with Gasteiger partial charge in [0.1, 0.15) is 18.1 Å². The summed E-state index contributed by atoms with van der Waals surface area (Å²) in [6, 6.07) is -1.36. The van der Waals surface area contributed by atoms with Crippen LogP contribution in [0.5, 0.6) is 0 Å². The van der Waals surface area contributed by atoms with Gasteiger partial charge in [-0.3, -0.25) is 19.2 Å². The van der Waals surface area contributed by atoms with E-state index in [4.69, 9.17) is 0 Å². The second-order valence-electron chi connectivity index (χ2n) is 12.5. The van der Waals surface area contributed by atoms with Crippen LogP contribution in [0.1, 0.15) is 75.0 Å². The minimum Gasteiger partial charge on any atom is -0.350 e. The summed E-state index contributed by atoms with van der Waals surface area (Å²) in [6.07, 6.45) is 0.670. The van der Waals surface area contributed by atoms with E-state index in [1.807, 2.05) is 5.32 Å². The Morgan fingerprint density at radius 2 is 1.84 bits per heavy atom. The zero-order chi connectivity index (χ0) is 28.0. The summed E-state index contributed by atoms with van der Waals surface area (Å²) in [5, 5.41) is 17.3. The van der Waals surface area contributed by atoms with Crippen LogP contribution < -0.4 is 16.0 Å². The van der Waals surface area contributed by atoms with Crippen LogP contribution in [0.3, 0.4) is 0 Å². The highest BCUT2D eigenvalue weighted by Gasteiger charge is 2.53. The number of hydrogen-bond donors (Lipinski definition) is 3. The molecule has 0 aromatic rings. The molecular formula is C26H40F3N5O4. The summed E-state index contributed by atoms with van der Waals surface area (Å²) >= 11 is 0. The summed E-state index contributed by atoms with van der Waals surface area (Å²) in [6.45, 7) is 4.83.